The lowest BCUT2D eigenvalue weighted by Crippen LogP contribution is -1.45. The summed E-state index contributed by atoms with van der Waals surface area (Å²) in [4.78, 5) is 0. The molecule has 0 amide bonds. The molecular weight excluding hydrogens is 136 g/mol. The van der Waals surface area contributed by atoms with Crippen molar-refractivity contribution in [3.8, 4) is 0 Å². The molecule has 29 valence electrons. The third-order valence-electron chi connectivity index (χ3n) is 0. The summed E-state index contributed by atoms with van der Waals surface area (Å²) >= 11 is 8.36. The van der Waals surface area contributed by atoms with Crippen LogP contribution in [-0.2, 0) is 0 Å². The fourth-order valence-electron chi connectivity index (χ4n) is 0. The van der Waals surface area contributed by atoms with Gasteiger partial charge in [-0.05, 0) is 0 Å². The second-order valence-electron chi connectivity index (χ2n) is 0.189. The van der Waals surface area contributed by atoms with E-state index in [9.17, 15) is 0 Å². The van der Waals surface area contributed by atoms with Crippen molar-refractivity contribution in [2.75, 3.05) is 0 Å². The Hall–Kier alpha value is 1.07. The molecule has 0 aliphatic rings. The summed E-state index contributed by atoms with van der Waals surface area (Å²) in [5.74, 6) is 0. The smallest absolute Gasteiger partial charge is 0.168 e. The van der Waals surface area contributed by atoms with Crippen LogP contribution >= 0.6 is 23.2 Å². The first-order valence-corrected chi connectivity index (χ1v) is 5.21. The molecule has 4 heteroatoms. The number of halogens is 1. The van der Waals surface area contributed by atoms with Crippen molar-refractivity contribution in [3.63, 3.8) is 0 Å². The van der Waals surface area contributed by atoms with Gasteiger partial charge in [0, 0.05) is 0 Å². The van der Waals surface area contributed by atoms with E-state index in [2.05, 4.69) is 21.5 Å². The normalized spacial score (nSPS) is 4.80. The van der Waals surface area contributed by atoms with E-state index in [0.29, 0.717) is 8.83 Å². The van der Waals surface area contributed by atoms with Crippen molar-refractivity contribution in [1.29, 1.82) is 0 Å². The maximum absolute atomic E-state index is 5.03. The highest BCUT2D eigenvalue weighted by molar-refractivity contribution is 8.03. The van der Waals surface area contributed by atoms with Crippen molar-refractivity contribution in [2.45, 2.75) is 6.55 Å². The fourth-order valence-corrected chi connectivity index (χ4v) is 0. The number of hydrogen-bond donors (Lipinski definition) is 1. The molecule has 0 heterocycles. The highest BCUT2D eigenvalue weighted by atomic mass is 35.6. The van der Waals surface area contributed by atoms with Crippen LogP contribution in [0.15, 0.2) is 0 Å². The molecule has 0 spiro atoms. The molecule has 0 N–H and O–H groups in total. The van der Waals surface area contributed by atoms with Gasteiger partial charge in [-0.3, -0.25) is 0 Å². The average Bonchev–Trinajstić information content (AvgIpc) is 1.46. The Labute approximate surface area is 48.3 Å². The van der Waals surface area contributed by atoms with E-state index in [1.165, 1.54) is 0 Å². The summed E-state index contributed by atoms with van der Waals surface area (Å²) in [5.41, 5.74) is 0. The molecule has 0 unspecified atom stereocenters. The Kier molecular flexibility index (Phi) is 36.9. The highest BCUT2D eigenvalue weighted by Crippen LogP contribution is 1.54. The minimum Gasteiger partial charge on any atom is -0.209 e. The van der Waals surface area contributed by atoms with Gasteiger partial charge in [0.05, 0.1) is 0 Å². The molecule has 0 saturated carbocycles. The van der Waals surface area contributed by atoms with Crippen LogP contribution in [0.25, 0.3) is 0 Å². The Bertz CT molecular complexity index is 9.61. The standard InChI is InChI=1S/CH3ClSi.HSSi/c1-3-2;1-2/h1H3;1H. The zero-order valence-electron chi connectivity index (χ0n) is 2.83. The van der Waals surface area contributed by atoms with Crippen LogP contribution < -0.4 is 0 Å². The predicted molar refractivity (Wildman–Crippen MR) is 32.2 cm³/mol. The van der Waals surface area contributed by atoms with Gasteiger partial charge in [0.2, 0.25) is 0 Å². The van der Waals surface area contributed by atoms with Crippen LogP contribution in [0.3, 0.4) is 0 Å². The highest BCUT2D eigenvalue weighted by Gasteiger charge is 1.45. The topological polar surface area (TPSA) is 0 Å². The van der Waals surface area contributed by atoms with Crippen LogP contribution in [0.2, 0.25) is 6.55 Å². The van der Waals surface area contributed by atoms with E-state index < -0.39 is 0 Å². The maximum atomic E-state index is 5.03. The molecule has 5 radical (unpaired) electrons. The Morgan fingerprint density at radius 2 is 1.80 bits per heavy atom. The number of rotatable bonds is 0. The second-order valence-corrected chi connectivity index (χ2v) is 1.70. The van der Waals surface area contributed by atoms with E-state index in [-0.39, 0.29) is 0 Å². The molecule has 0 aromatic rings. The van der Waals surface area contributed by atoms with Gasteiger partial charge in [0.1, 0.15) is 9.39 Å². The molecule has 0 bridgehead atoms. The number of thiol groups is 1. The van der Waals surface area contributed by atoms with Crippen molar-refractivity contribution < 1.29 is 0 Å². The Morgan fingerprint density at radius 1 is 1.80 bits per heavy atom. The van der Waals surface area contributed by atoms with Gasteiger partial charge in [0.15, 0.2) is 8.83 Å². The second kappa shape index (κ2) is 19.6. The van der Waals surface area contributed by atoms with E-state index in [1.807, 2.05) is 6.55 Å². The summed E-state index contributed by atoms with van der Waals surface area (Å²) in [6.45, 7) is 1.92. The largest absolute Gasteiger partial charge is 0.209 e. The van der Waals surface area contributed by atoms with Gasteiger partial charge in [-0.25, -0.2) is 12.1 Å². The Morgan fingerprint density at radius 3 is 1.80 bits per heavy atom. The fraction of sp³-hybridized carbons (Fsp3) is 1.00. The van der Waals surface area contributed by atoms with E-state index in [0.717, 1.165) is 0 Å². The van der Waals surface area contributed by atoms with Crippen LogP contribution in [0.5, 0.6) is 0 Å². The van der Waals surface area contributed by atoms with E-state index in [4.69, 9.17) is 11.1 Å². The zero-order chi connectivity index (χ0) is 4.71. The van der Waals surface area contributed by atoms with E-state index in [1.54, 1.807) is 0 Å². The van der Waals surface area contributed by atoms with Crippen LogP contribution in [0, 0.1) is 0 Å². The summed E-state index contributed by atoms with van der Waals surface area (Å²) in [7, 11) is 3.22. The first-order valence-electron chi connectivity index (χ1n) is 0.913. The third kappa shape index (κ3) is 41.6. The van der Waals surface area contributed by atoms with Crippen LogP contribution in [-0.4, -0.2) is 18.2 Å². The third-order valence-corrected chi connectivity index (χ3v) is 0. The molecule has 0 aliphatic carbocycles. The quantitative estimate of drug-likeness (QED) is 0.288. The van der Waals surface area contributed by atoms with Gasteiger partial charge < -0.3 is 0 Å². The number of hydrogen-bond acceptors (Lipinski definition) is 1. The zero-order valence-corrected chi connectivity index (χ0v) is 6.48. The molecule has 0 nitrogen and oxygen atoms in total. The van der Waals surface area contributed by atoms with Gasteiger partial charge in [-0.2, -0.15) is 11.1 Å². The molecule has 0 saturated heterocycles. The van der Waals surface area contributed by atoms with Crippen LogP contribution in [0.4, 0.5) is 0 Å². The van der Waals surface area contributed by atoms with Gasteiger partial charge in [-0.1, -0.05) is 6.55 Å². The summed E-state index contributed by atoms with van der Waals surface area (Å²) in [6, 6.07) is 0. The molecule has 0 rings (SSSR count). The minimum absolute atomic E-state index is 0.556. The molecule has 0 fully saturated rings. The predicted octanol–water partition coefficient (Wildman–Crippen LogP) is 0.892. The lowest BCUT2D eigenvalue weighted by atomic mass is 11.9. The van der Waals surface area contributed by atoms with Crippen LogP contribution in [0.1, 0.15) is 0 Å². The summed E-state index contributed by atoms with van der Waals surface area (Å²) in [6.07, 6.45) is 0. The van der Waals surface area contributed by atoms with Crippen molar-refractivity contribution in [1.82, 2.24) is 0 Å². The molecule has 0 aromatic heterocycles. The average molecular weight is 140 g/mol. The summed E-state index contributed by atoms with van der Waals surface area (Å²) < 4.78 is 0. The van der Waals surface area contributed by atoms with E-state index >= 15 is 0 Å². The summed E-state index contributed by atoms with van der Waals surface area (Å²) in [5, 5.41) is 0. The van der Waals surface area contributed by atoms with Gasteiger partial charge in [0.25, 0.3) is 0 Å². The maximum Gasteiger partial charge on any atom is 0.168 e. The van der Waals surface area contributed by atoms with Crippen molar-refractivity contribution in [2.24, 2.45) is 0 Å². The molecule has 0 aliphatic heterocycles. The van der Waals surface area contributed by atoms with Crippen molar-refractivity contribution >= 4 is 41.4 Å². The lowest BCUT2D eigenvalue weighted by molar-refractivity contribution is 2.37. The minimum atomic E-state index is 0.556. The first kappa shape index (κ1) is 9.42. The van der Waals surface area contributed by atoms with Crippen molar-refractivity contribution in [3.05, 3.63) is 0 Å². The molecule has 0 aromatic carbocycles. The molecule has 0 atom stereocenters. The molecule has 5 heavy (non-hydrogen) atoms. The van der Waals surface area contributed by atoms with Gasteiger partial charge >= 0.3 is 0 Å². The van der Waals surface area contributed by atoms with Gasteiger partial charge in [-0.15, -0.1) is 0 Å². The SMILES string of the molecule is C[Si]Cl.[Si]S. The Balaban J connectivity index is 0. The molecular formula is CH4ClSSi2. The first-order chi connectivity index (χ1) is 2.41. The monoisotopic (exact) mass is 139 g/mol. The lowest BCUT2D eigenvalue weighted by Gasteiger charge is -1.40.